The minimum atomic E-state index is -0.592. The van der Waals surface area contributed by atoms with E-state index in [1.807, 2.05) is 30.3 Å². The van der Waals surface area contributed by atoms with E-state index in [1.165, 1.54) is 0 Å². The van der Waals surface area contributed by atoms with Crippen LogP contribution in [0.2, 0.25) is 0 Å². The van der Waals surface area contributed by atoms with E-state index in [2.05, 4.69) is 10.6 Å². The van der Waals surface area contributed by atoms with Gasteiger partial charge in [-0.25, -0.2) is 4.79 Å². The Morgan fingerprint density at radius 3 is 2.68 bits per heavy atom. The summed E-state index contributed by atoms with van der Waals surface area (Å²) in [4.78, 5) is 12.7. The first-order chi connectivity index (χ1) is 11.9. The minimum Gasteiger partial charge on any atom is -0.508 e. The van der Waals surface area contributed by atoms with Gasteiger partial charge in [0.15, 0.2) is 5.11 Å². The van der Waals surface area contributed by atoms with Gasteiger partial charge in [-0.05, 0) is 49.8 Å². The molecule has 3 N–H and O–H groups in total. The zero-order valence-electron chi connectivity index (χ0n) is 14.3. The lowest BCUT2D eigenvalue weighted by Gasteiger charge is -2.31. The van der Waals surface area contributed by atoms with Gasteiger partial charge in [0.05, 0.1) is 17.7 Å². The number of ether oxygens (including phenoxy) is 1. The van der Waals surface area contributed by atoms with Crippen LogP contribution in [0.4, 0.5) is 0 Å². The van der Waals surface area contributed by atoms with Crippen LogP contribution in [0.3, 0.4) is 0 Å². The number of phenolic OH excluding ortho intramolecular Hbond substituents is 1. The summed E-state index contributed by atoms with van der Waals surface area (Å²) >= 11 is 5.26. The maximum Gasteiger partial charge on any atom is 0.338 e. The first-order valence-corrected chi connectivity index (χ1v) is 8.49. The molecule has 25 heavy (non-hydrogen) atoms. The van der Waals surface area contributed by atoms with Crippen molar-refractivity contribution < 1.29 is 14.6 Å². The highest BCUT2D eigenvalue weighted by atomic mass is 32.1. The van der Waals surface area contributed by atoms with Gasteiger partial charge in [-0.15, -0.1) is 0 Å². The van der Waals surface area contributed by atoms with Gasteiger partial charge in [0.25, 0.3) is 0 Å². The van der Waals surface area contributed by atoms with Crippen LogP contribution in [0.5, 0.6) is 5.75 Å². The second-order valence-corrected chi connectivity index (χ2v) is 6.65. The Morgan fingerprint density at radius 1 is 1.24 bits per heavy atom. The number of carbonyl (C=O) groups excluding carboxylic acids is 1. The van der Waals surface area contributed by atoms with Crippen molar-refractivity contribution in [1.29, 1.82) is 0 Å². The number of aromatic hydroxyl groups is 1. The van der Waals surface area contributed by atoms with Crippen LogP contribution in [0.25, 0.3) is 10.8 Å². The fourth-order valence-corrected chi connectivity index (χ4v) is 3.32. The van der Waals surface area contributed by atoms with Crippen LogP contribution in [0.1, 0.15) is 32.4 Å². The lowest BCUT2D eigenvalue weighted by Crippen LogP contribution is -2.45. The second-order valence-electron chi connectivity index (χ2n) is 6.24. The molecular formula is C19H20N2O3S. The Hall–Kier alpha value is -2.60. The monoisotopic (exact) mass is 356 g/mol. The molecule has 1 aliphatic heterocycles. The second kappa shape index (κ2) is 6.72. The molecule has 5 nitrogen and oxygen atoms in total. The summed E-state index contributed by atoms with van der Waals surface area (Å²) in [6.07, 6.45) is -0.247. The highest BCUT2D eigenvalue weighted by molar-refractivity contribution is 7.80. The number of thiocarbonyl (C=S) groups is 1. The third kappa shape index (κ3) is 3.30. The molecule has 1 unspecified atom stereocenters. The topological polar surface area (TPSA) is 70.6 Å². The molecule has 0 spiro atoms. The molecule has 0 amide bonds. The molecule has 0 radical (unpaired) electrons. The molecule has 3 rings (SSSR count). The smallest absolute Gasteiger partial charge is 0.338 e. The summed E-state index contributed by atoms with van der Waals surface area (Å²) in [6.45, 7) is 5.37. The van der Waals surface area contributed by atoms with Crippen LogP contribution in [0, 0.1) is 0 Å². The molecule has 0 bridgehead atoms. The van der Waals surface area contributed by atoms with Crippen molar-refractivity contribution in [3.05, 3.63) is 53.2 Å². The number of benzene rings is 2. The zero-order valence-corrected chi connectivity index (χ0v) is 15.1. The van der Waals surface area contributed by atoms with Gasteiger partial charge in [-0.1, -0.05) is 30.3 Å². The van der Waals surface area contributed by atoms with Gasteiger partial charge in [0, 0.05) is 11.3 Å². The number of nitrogens with one attached hydrogen (secondary N) is 2. The first-order valence-electron chi connectivity index (χ1n) is 8.08. The fourth-order valence-electron chi connectivity index (χ4n) is 3.05. The summed E-state index contributed by atoms with van der Waals surface area (Å²) in [5, 5.41) is 18.8. The third-order valence-corrected chi connectivity index (χ3v) is 4.29. The summed E-state index contributed by atoms with van der Waals surface area (Å²) < 4.78 is 5.40. The fraction of sp³-hybridized carbons (Fsp3) is 0.263. The van der Waals surface area contributed by atoms with Gasteiger partial charge >= 0.3 is 5.97 Å². The number of phenols is 1. The maximum absolute atomic E-state index is 12.7. The van der Waals surface area contributed by atoms with E-state index < -0.39 is 12.0 Å². The Balaban J connectivity index is 2.20. The number of carbonyl (C=O) groups is 1. The number of fused-ring (bicyclic) bond motifs is 1. The van der Waals surface area contributed by atoms with E-state index in [4.69, 9.17) is 17.0 Å². The molecule has 6 heteroatoms. The Morgan fingerprint density at radius 2 is 1.96 bits per heavy atom. The standard InChI is InChI=1S/C19H20N2O3S/c1-10(2)24-18(23)15-11(3)20-19(25)21-17(15)16-13-7-5-4-6-12(13)8-9-14(16)22/h4-10,17,22H,1-3H3,(H2,20,21,25). The molecule has 1 heterocycles. The summed E-state index contributed by atoms with van der Waals surface area (Å²) in [7, 11) is 0. The average Bonchev–Trinajstić information content (AvgIpc) is 2.53. The lowest BCUT2D eigenvalue weighted by atomic mass is 9.90. The molecule has 0 aliphatic carbocycles. The number of rotatable bonds is 3. The van der Waals surface area contributed by atoms with E-state index >= 15 is 0 Å². The Kier molecular flexibility index (Phi) is 4.63. The summed E-state index contributed by atoms with van der Waals surface area (Å²) in [6, 6.07) is 10.6. The van der Waals surface area contributed by atoms with Crippen LogP contribution in [-0.2, 0) is 9.53 Å². The van der Waals surface area contributed by atoms with E-state index in [0.29, 0.717) is 21.9 Å². The van der Waals surface area contributed by atoms with Gasteiger partial charge in [0.1, 0.15) is 5.75 Å². The molecule has 2 aromatic carbocycles. The number of esters is 1. The number of allylic oxidation sites excluding steroid dienone is 1. The quantitative estimate of drug-likeness (QED) is 0.579. The van der Waals surface area contributed by atoms with Crippen LogP contribution in [-0.4, -0.2) is 22.3 Å². The van der Waals surface area contributed by atoms with Crippen molar-refractivity contribution in [2.24, 2.45) is 0 Å². The molecule has 2 aromatic rings. The van der Waals surface area contributed by atoms with E-state index in [0.717, 1.165) is 10.8 Å². The zero-order chi connectivity index (χ0) is 18.1. The molecule has 130 valence electrons. The third-order valence-electron chi connectivity index (χ3n) is 4.07. The predicted molar refractivity (Wildman–Crippen MR) is 101 cm³/mol. The van der Waals surface area contributed by atoms with Gasteiger partial charge < -0.3 is 20.5 Å². The van der Waals surface area contributed by atoms with Gasteiger partial charge in [-0.2, -0.15) is 0 Å². The molecule has 0 fully saturated rings. The largest absolute Gasteiger partial charge is 0.508 e. The Bertz CT molecular complexity index is 889. The van der Waals surface area contributed by atoms with Crippen LogP contribution in [0.15, 0.2) is 47.7 Å². The van der Waals surface area contributed by atoms with Crippen LogP contribution < -0.4 is 10.6 Å². The van der Waals surface area contributed by atoms with Crippen molar-refractivity contribution >= 4 is 34.1 Å². The molecule has 1 atom stereocenters. The SMILES string of the molecule is CC1=C(C(=O)OC(C)C)C(c2c(O)ccc3ccccc23)NC(=S)N1. The van der Waals surface area contributed by atoms with Crippen molar-refractivity contribution in [3.63, 3.8) is 0 Å². The van der Waals surface area contributed by atoms with Gasteiger partial charge in [-0.3, -0.25) is 0 Å². The highest BCUT2D eigenvalue weighted by Crippen LogP contribution is 2.38. The summed E-state index contributed by atoms with van der Waals surface area (Å²) in [5.41, 5.74) is 1.64. The van der Waals surface area contributed by atoms with E-state index in [9.17, 15) is 9.90 Å². The molecule has 0 saturated heterocycles. The lowest BCUT2D eigenvalue weighted by molar-refractivity contribution is -0.143. The molecular weight excluding hydrogens is 336 g/mol. The normalized spacial score (nSPS) is 17.4. The highest BCUT2D eigenvalue weighted by Gasteiger charge is 2.33. The van der Waals surface area contributed by atoms with Crippen molar-refractivity contribution in [2.45, 2.75) is 32.9 Å². The average molecular weight is 356 g/mol. The Labute approximate surface area is 151 Å². The maximum atomic E-state index is 12.7. The van der Waals surface area contributed by atoms with Gasteiger partial charge in [0.2, 0.25) is 0 Å². The van der Waals surface area contributed by atoms with Crippen molar-refractivity contribution in [1.82, 2.24) is 10.6 Å². The van der Waals surface area contributed by atoms with Crippen molar-refractivity contribution in [3.8, 4) is 5.75 Å². The predicted octanol–water partition coefficient (Wildman–Crippen LogP) is 3.29. The number of hydrogen-bond donors (Lipinski definition) is 3. The summed E-state index contributed by atoms with van der Waals surface area (Å²) in [5.74, 6) is -0.337. The minimum absolute atomic E-state index is 0.101. The molecule has 0 saturated carbocycles. The first kappa shape index (κ1) is 17.2. The molecule has 0 aromatic heterocycles. The van der Waals surface area contributed by atoms with Crippen molar-refractivity contribution in [2.75, 3.05) is 0 Å². The number of hydrogen-bond acceptors (Lipinski definition) is 4. The van der Waals surface area contributed by atoms with Crippen LogP contribution >= 0.6 is 12.2 Å². The van der Waals surface area contributed by atoms with E-state index in [-0.39, 0.29) is 11.9 Å². The van der Waals surface area contributed by atoms with E-state index in [1.54, 1.807) is 26.8 Å². The molecule has 1 aliphatic rings.